The van der Waals surface area contributed by atoms with Crippen molar-refractivity contribution < 1.29 is 19.3 Å². The molecule has 1 aliphatic rings. The lowest BCUT2D eigenvalue weighted by molar-refractivity contribution is 0.0330. The molecule has 0 bridgehead atoms. The molecule has 0 spiro atoms. The van der Waals surface area contributed by atoms with E-state index in [1.807, 2.05) is 0 Å². The predicted molar refractivity (Wildman–Crippen MR) is 47.5 cm³/mol. The molecule has 0 aliphatic carbocycles. The Morgan fingerprint density at radius 3 is 3.00 bits per heavy atom. The van der Waals surface area contributed by atoms with Crippen LogP contribution in [0.15, 0.2) is 18.2 Å². The summed E-state index contributed by atoms with van der Waals surface area (Å²) >= 11 is 0. The molecule has 2 atom stereocenters. The maximum atomic E-state index is 12.8. The van der Waals surface area contributed by atoms with Crippen molar-refractivity contribution in [3.05, 3.63) is 29.6 Å². The van der Waals surface area contributed by atoms with E-state index in [1.165, 1.54) is 18.2 Å². The van der Waals surface area contributed by atoms with Crippen LogP contribution in [-0.4, -0.2) is 22.9 Å². The molecule has 14 heavy (non-hydrogen) atoms. The summed E-state index contributed by atoms with van der Waals surface area (Å²) < 4.78 is 18.1. The van der Waals surface area contributed by atoms with Crippen molar-refractivity contribution in [2.45, 2.75) is 18.6 Å². The van der Waals surface area contributed by atoms with Gasteiger partial charge in [0.2, 0.25) is 0 Å². The molecule has 0 radical (unpaired) electrons. The summed E-state index contributed by atoms with van der Waals surface area (Å²) in [6.07, 6.45) is -0.786. The second kappa shape index (κ2) is 3.55. The molecule has 4 heteroatoms. The zero-order valence-electron chi connectivity index (χ0n) is 7.48. The fourth-order valence-electron chi connectivity index (χ4n) is 1.60. The number of fused-ring (bicyclic) bond motifs is 1. The average Bonchev–Trinajstić information content (AvgIpc) is 2.16. The Kier molecular flexibility index (Phi) is 2.39. The van der Waals surface area contributed by atoms with Crippen LogP contribution >= 0.6 is 0 Å². The molecule has 1 aliphatic heterocycles. The van der Waals surface area contributed by atoms with Crippen molar-refractivity contribution in [1.82, 2.24) is 0 Å². The fourth-order valence-corrected chi connectivity index (χ4v) is 1.60. The molecule has 2 N–H and O–H groups in total. The topological polar surface area (TPSA) is 49.7 Å². The first kappa shape index (κ1) is 9.43. The van der Waals surface area contributed by atoms with Gasteiger partial charge in [-0.25, -0.2) is 4.39 Å². The molecule has 0 saturated carbocycles. The number of halogens is 1. The van der Waals surface area contributed by atoms with Crippen molar-refractivity contribution in [3.8, 4) is 5.75 Å². The van der Waals surface area contributed by atoms with E-state index in [9.17, 15) is 9.50 Å². The smallest absolute Gasteiger partial charge is 0.128 e. The lowest BCUT2D eigenvalue weighted by Crippen LogP contribution is -2.28. The third-order valence-electron chi connectivity index (χ3n) is 2.32. The highest BCUT2D eigenvalue weighted by Gasteiger charge is 2.26. The van der Waals surface area contributed by atoms with Crippen LogP contribution < -0.4 is 4.74 Å². The number of aliphatic hydroxyl groups excluding tert-OH is 2. The predicted octanol–water partition coefficient (Wildman–Crippen LogP) is 1.00. The summed E-state index contributed by atoms with van der Waals surface area (Å²) in [6.45, 7) is -0.174. The van der Waals surface area contributed by atoms with Crippen LogP contribution in [0.3, 0.4) is 0 Å². The highest BCUT2D eigenvalue weighted by Crippen LogP contribution is 2.34. The number of benzene rings is 1. The van der Waals surface area contributed by atoms with E-state index in [0.717, 1.165) is 0 Å². The third kappa shape index (κ3) is 1.58. The highest BCUT2D eigenvalue weighted by molar-refractivity contribution is 5.37. The van der Waals surface area contributed by atoms with Crippen molar-refractivity contribution in [2.75, 3.05) is 6.61 Å². The Labute approximate surface area is 80.8 Å². The molecule has 1 aromatic carbocycles. The number of aliphatic hydroxyl groups is 2. The summed E-state index contributed by atoms with van der Waals surface area (Å²) in [7, 11) is 0. The standard InChI is InChI=1S/C10H11FO3/c11-6-1-2-8-9(13)4-7(5-12)14-10(8)3-6/h1-3,7,9,12-13H,4-5H2. The molecule has 76 valence electrons. The minimum Gasteiger partial charge on any atom is -0.487 e. The first-order chi connectivity index (χ1) is 6.70. The second-order valence-electron chi connectivity index (χ2n) is 3.36. The van der Waals surface area contributed by atoms with Gasteiger partial charge < -0.3 is 14.9 Å². The van der Waals surface area contributed by atoms with Gasteiger partial charge in [-0.2, -0.15) is 0 Å². The normalized spacial score (nSPS) is 25.4. The van der Waals surface area contributed by atoms with E-state index in [-0.39, 0.29) is 6.61 Å². The van der Waals surface area contributed by atoms with Gasteiger partial charge in [-0.05, 0) is 12.1 Å². The van der Waals surface area contributed by atoms with E-state index in [4.69, 9.17) is 9.84 Å². The number of ether oxygens (including phenoxy) is 1. The van der Waals surface area contributed by atoms with E-state index in [0.29, 0.717) is 17.7 Å². The Morgan fingerprint density at radius 1 is 1.50 bits per heavy atom. The molecule has 2 unspecified atom stereocenters. The van der Waals surface area contributed by atoms with Gasteiger partial charge in [0.1, 0.15) is 17.7 Å². The van der Waals surface area contributed by atoms with E-state index in [1.54, 1.807) is 0 Å². The van der Waals surface area contributed by atoms with Crippen LogP contribution in [0.2, 0.25) is 0 Å². The monoisotopic (exact) mass is 198 g/mol. The number of hydrogen-bond donors (Lipinski definition) is 2. The van der Waals surface area contributed by atoms with Crippen molar-refractivity contribution in [3.63, 3.8) is 0 Å². The summed E-state index contributed by atoms with van der Waals surface area (Å²) in [5, 5.41) is 18.5. The van der Waals surface area contributed by atoms with Gasteiger partial charge in [-0.3, -0.25) is 0 Å². The molecular formula is C10H11FO3. The van der Waals surface area contributed by atoms with Gasteiger partial charge >= 0.3 is 0 Å². The highest BCUT2D eigenvalue weighted by atomic mass is 19.1. The van der Waals surface area contributed by atoms with Crippen molar-refractivity contribution >= 4 is 0 Å². The minimum atomic E-state index is -0.684. The van der Waals surface area contributed by atoms with Gasteiger partial charge in [-0.15, -0.1) is 0 Å². The maximum Gasteiger partial charge on any atom is 0.128 e. The Morgan fingerprint density at radius 2 is 2.29 bits per heavy atom. The van der Waals surface area contributed by atoms with Crippen molar-refractivity contribution in [1.29, 1.82) is 0 Å². The molecule has 0 aromatic heterocycles. The molecule has 1 heterocycles. The maximum absolute atomic E-state index is 12.8. The summed E-state index contributed by atoms with van der Waals surface area (Å²) in [5.41, 5.74) is 0.580. The zero-order valence-corrected chi connectivity index (χ0v) is 7.48. The van der Waals surface area contributed by atoms with Gasteiger partial charge in [0.05, 0.1) is 12.7 Å². The Hall–Kier alpha value is -1.13. The van der Waals surface area contributed by atoms with Crippen molar-refractivity contribution in [2.24, 2.45) is 0 Å². The Balaban J connectivity index is 2.35. The lowest BCUT2D eigenvalue weighted by atomic mass is 9.99. The van der Waals surface area contributed by atoms with Crippen LogP contribution in [-0.2, 0) is 0 Å². The van der Waals surface area contributed by atoms with Crippen LogP contribution in [0.4, 0.5) is 4.39 Å². The molecular weight excluding hydrogens is 187 g/mol. The van der Waals surface area contributed by atoms with E-state index >= 15 is 0 Å². The third-order valence-corrected chi connectivity index (χ3v) is 2.32. The summed E-state index contributed by atoms with van der Waals surface area (Å²) in [5.74, 6) is -0.0858. The molecule has 0 amide bonds. The van der Waals surface area contributed by atoms with Gasteiger partial charge in [0.15, 0.2) is 0 Å². The average molecular weight is 198 g/mol. The SMILES string of the molecule is OCC1CC(O)c2ccc(F)cc2O1. The molecule has 2 rings (SSSR count). The number of hydrogen-bond acceptors (Lipinski definition) is 3. The fraction of sp³-hybridized carbons (Fsp3) is 0.400. The Bertz CT molecular complexity index is 340. The van der Waals surface area contributed by atoms with E-state index in [2.05, 4.69) is 0 Å². The second-order valence-corrected chi connectivity index (χ2v) is 3.36. The molecule has 0 fully saturated rings. The van der Waals surface area contributed by atoms with Gasteiger partial charge in [-0.1, -0.05) is 0 Å². The largest absolute Gasteiger partial charge is 0.487 e. The van der Waals surface area contributed by atoms with Crippen LogP contribution in [0, 0.1) is 5.82 Å². The van der Waals surface area contributed by atoms with Crippen LogP contribution in [0.1, 0.15) is 18.1 Å². The minimum absolute atomic E-state index is 0.174. The zero-order chi connectivity index (χ0) is 10.1. The molecule has 0 saturated heterocycles. The first-order valence-corrected chi connectivity index (χ1v) is 4.45. The first-order valence-electron chi connectivity index (χ1n) is 4.45. The summed E-state index contributed by atoms with van der Waals surface area (Å²) in [6, 6.07) is 4.01. The molecule has 1 aromatic rings. The van der Waals surface area contributed by atoms with E-state index < -0.39 is 18.0 Å². The van der Waals surface area contributed by atoms with Gasteiger partial charge in [0, 0.05) is 18.1 Å². The summed E-state index contributed by atoms with van der Waals surface area (Å²) in [4.78, 5) is 0. The van der Waals surface area contributed by atoms with Crippen LogP contribution in [0.25, 0.3) is 0 Å². The van der Waals surface area contributed by atoms with Gasteiger partial charge in [0.25, 0.3) is 0 Å². The molecule has 3 nitrogen and oxygen atoms in total. The van der Waals surface area contributed by atoms with Crippen LogP contribution in [0.5, 0.6) is 5.75 Å². The lowest BCUT2D eigenvalue weighted by Gasteiger charge is -2.28. The number of rotatable bonds is 1. The quantitative estimate of drug-likeness (QED) is 0.707.